The Morgan fingerprint density at radius 3 is 2.04 bits per heavy atom. The van der Waals surface area contributed by atoms with Crippen LogP contribution in [0.4, 0.5) is 30.7 Å². The van der Waals surface area contributed by atoms with Gasteiger partial charge < -0.3 is 5.11 Å². The molecule has 1 aromatic rings. The number of unbranched alkanes of at least 4 members (excludes halogenated alkanes) is 1. The van der Waals surface area contributed by atoms with Crippen molar-refractivity contribution in [2.45, 2.75) is 56.7 Å². The number of aliphatic hydroxyl groups is 1. The summed E-state index contributed by atoms with van der Waals surface area (Å²) in [4.78, 5) is 0. The molecule has 0 saturated heterocycles. The van der Waals surface area contributed by atoms with Gasteiger partial charge in [-0.15, -0.1) is 0 Å². The Kier molecular flexibility index (Phi) is 6.06. The molecule has 0 radical (unpaired) electrons. The number of aliphatic hydroxyl groups excluding tert-OH is 1. The van der Waals surface area contributed by atoms with Crippen LogP contribution in [0, 0.1) is 0 Å². The fourth-order valence-electron chi connectivity index (χ4n) is 2.11. The maximum Gasteiger partial charge on any atom is 0.431 e. The zero-order valence-corrected chi connectivity index (χ0v) is 12.3. The van der Waals surface area contributed by atoms with Crippen molar-refractivity contribution in [1.29, 1.82) is 0 Å². The smallest absolute Gasteiger partial charge is 0.388 e. The largest absolute Gasteiger partial charge is 0.431 e. The molecule has 0 aliphatic rings. The van der Waals surface area contributed by atoms with Gasteiger partial charge in [0.05, 0.1) is 6.10 Å². The predicted octanol–water partition coefficient (Wildman–Crippen LogP) is 5.29. The molecule has 0 aliphatic carbocycles. The normalized spacial score (nSPS) is 14.8. The second-order valence-electron chi connectivity index (χ2n) is 5.37. The van der Waals surface area contributed by atoms with Gasteiger partial charge in [0, 0.05) is 6.42 Å². The van der Waals surface area contributed by atoms with Gasteiger partial charge in [-0.05, 0) is 24.0 Å². The fourth-order valence-corrected chi connectivity index (χ4v) is 2.11. The van der Waals surface area contributed by atoms with Gasteiger partial charge in [-0.3, -0.25) is 0 Å². The topological polar surface area (TPSA) is 20.2 Å². The lowest BCUT2D eigenvalue weighted by molar-refractivity contribution is -0.347. The summed E-state index contributed by atoms with van der Waals surface area (Å²) < 4.78 is 88.7. The lowest BCUT2D eigenvalue weighted by Gasteiger charge is -2.31. The van der Waals surface area contributed by atoms with E-state index in [1.165, 1.54) is 18.2 Å². The lowest BCUT2D eigenvalue weighted by atomic mass is 9.92. The molecule has 0 fully saturated rings. The first-order chi connectivity index (χ1) is 10.4. The third kappa shape index (κ3) is 4.59. The molecule has 0 aliphatic heterocycles. The molecular formula is C15H17F7O. The van der Waals surface area contributed by atoms with Crippen molar-refractivity contribution >= 4 is 0 Å². The Morgan fingerprint density at radius 1 is 1.00 bits per heavy atom. The standard InChI is InChI=1S/C15H17F7O/c1-2-3-5-10-6-4-7-11(8-10)12(23)9-13(16,14(17,18)19)15(20,21)22/h4,6-8,12,23H,2-3,5,9H2,1H3. The van der Waals surface area contributed by atoms with E-state index >= 15 is 0 Å². The first-order valence-electron chi connectivity index (χ1n) is 7.01. The summed E-state index contributed by atoms with van der Waals surface area (Å²) in [6.07, 6.45) is -14.5. The summed E-state index contributed by atoms with van der Waals surface area (Å²) in [6.45, 7) is 1.92. The molecule has 1 unspecified atom stereocenters. The molecule has 1 aromatic carbocycles. The summed E-state index contributed by atoms with van der Waals surface area (Å²) >= 11 is 0. The molecule has 132 valence electrons. The van der Waals surface area contributed by atoms with Crippen LogP contribution in [-0.4, -0.2) is 23.1 Å². The maximum absolute atomic E-state index is 13.6. The molecule has 8 heteroatoms. The monoisotopic (exact) mass is 346 g/mol. The number of aryl methyl sites for hydroxylation is 1. The highest BCUT2D eigenvalue weighted by atomic mass is 19.4. The highest BCUT2D eigenvalue weighted by molar-refractivity contribution is 5.26. The molecule has 0 spiro atoms. The number of hydrogen-bond acceptors (Lipinski definition) is 1. The van der Waals surface area contributed by atoms with Crippen molar-refractivity contribution < 1.29 is 35.8 Å². The molecule has 23 heavy (non-hydrogen) atoms. The molecule has 0 amide bonds. The first-order valence-corrected chi connectivity index (χ1v) is 7.01. The van der Waals surface area contributed by atoms with E-state index in [0.717, 1.165) is 12.8 Å². The number of hydrogen-bond donors (Lipinski definition) is 1. The van der Waals surface area contributed by atoms with Crippen LogP contribution in [0.25, 0.3) is 0 Å². The van der Waals surface area contributed by atoms with Gasteiger partial charge in [0.1, 0.15) is 0 Å². The minimum absolute atomic E-state index is 0.172. The minimum atomic E-state index is -6.16. The van der Waals surface area contributed by atoms with E-state index in [-0.39, 0.29) is 5.56 Å². The van der Waals surface area contributed by atoms with Gasteiger partial charge in [0.15, 0.2) is 0 Å². The maximum atomic E-state index is 13.6. The zero-order valence-electron chi connectivity index (χ0n) is 12.3. The van der Waals surface area contributed by atoms with Gasteiger partial charge in [-0.25, -0.2) is 4.39 Å². The van der Waals surface area contributed by atoms with Crippen molar-refractivity contribution in [2.75, 3.05) is 0 Å². The van der Waals surface area contributed by atoms with Crippen molar-refractivity contribution in [1.82, 2.24) is 0 Å². The van der Waals surface area contributed by atoms with Gasteiger partial charge >= 0.3 is 18.0 Å². The highest BCUT2D eigenvalue weighted by Gasteiger charge is 2.72. The summed E-state index contributed by atoms with van der Waals surface area (Å²) in [5, 5.41) is 9.69. The fraction of sp³-hybridized carbons (Fsp3) is 0.600. The minimum Gasteiger partial charge on any atom is -0.388 e. The van der Waals surface area contributed by atoms with Crippen LogP contribution in [0.1, 0.15) is 43.4 Å². The Hall–Kier alpha value is -1.31. The predicted molar refractivity (Wildman–Crippen MR) is 70.6 cm³/mol. The van der Waals surface area contributed by atoms with E-state index in [0.29, 0.717) is 12.0 Å². The molecule has 1 atom stereocenters. The number of alkyl halides is 7. The van der Waals surface area contributed by atoms with Crippen LogP contribution in [0.2, 0.25) is 0 Å². The van der Waals surface area contributed by atoms with E-state index in [9.17, 15) is 35.8 Å². The van der Waals surface area contributed by atoms with Crippen molar-refractivity contribution in [3.8, 4) is 0 Å². The highest BCUT2D eigenvalue weighted by Crippen LogP contribution is 2.50. The summed E-state index contributed by atoms with van der Waals surface area (Å²) in [5.74, 6) is 0. The third-order valence-electron chi connectivity index (χ3n) is 3.53. The molecule has 0 saturated carbocycles. The molecule has 1 rings (SSSR count). The summed E-state index contributed by atoms with van der Waals surface area (Å²) in [5.41, 5.74) is -4.97. The van der Waals surface area contributed by atoms with Gasteiger partial charge in [-0.2, -0.15) is 26.3 Å². The second-order valence-corrected chi connectivity index (χ2v) is 5.37. The third-order valence-corrected chi connectivity index (χ3v) is 3.53. The van der Waals surface area contributed by atoms with E-state index in [1.54, 1.807) is 6.07 Å². The SMILES string of the molecule is CCCCc1cccc(C(O)CC(F)(C(F)(F)F)C(F)(F)F)c1. The Labute approximate surface area is 129 Å². The van der Waals surface area contributed by atoms with Crippen LogP contribution in [0.3, 0.4) is 0 Å². The molecule has 0 aromatic heterocycles. The van der Waals surface area contributed by atoms with Crippen LogP contribution < -0.4 is 0 Å². The van der Waals surface area contributed by atoms with E-state index in [4.69, 9.17) is 0 Å². The Bertz CT molecular complexity index is 493. The van der Waals surface area contributed by atoms with Crippen LogP contribution in [-0.2, 0) is 6.42 Å². The van der Waals surface area contributed by atoms with Crippen molar-refractivity contribution in [3.05, 3.63) is 35.4 Å². The average Bonchev–Trinajstić information content (AvgIpc) is 2.42. The van der Waals surface area contributed by atoms with E-state index in [1.807, 2.05) is 6.92 Å². The average molecular weight is 346 g/mol. The summed E-state index contributed by atoms with van der Waals surface area (Å²) in [6, 6.07) is 5.52. The molecular weight excluding hydrogens is 329 g/mol. The lowest BCUT2D eigenvalue weighted by Crippen LogP contribution is -2.54. The summed E-state index contributed by atoms with van der Waals surface area (Å²) in [7, 11) is 0. The van der Waals surface area contributed by atoms with Gasteiger partial charge in [-0.1, -0.05) is 37.6 Å². The van der Waals surface area contributed by atoms with Gasteiger partial charge in [0.25, 0.3) is 0 Å². The first kappa shape index (κ1) is 19.7. The van der Waals surface area contributed by atoms with Crippen molar-refractivity contribution in [3.63, 3.8) is 0 Å². The number of benzene rings is 1. The molecule has 1 N–H and O–H groups in total. The Morgan fingerprint density at radius 2 is 1.57 bits per heavy atom. The second kappa shape index (κ2) is 7.07. The van der Waals surface area contributed by atoms with Crippen LogP contribution >= 0.6 is 0 Å². The number of halogens is 7. The molecule has 0 bridgehead atoms. The zero-order chi connectivity index (χ0) is 17.9. The van der Waals surface area contributed by atoms with Crippen LogP contribution in [0.5, 0.6) is 0 Å². The molecule has 0 heterocycles. The van der Waals surface area contributed by atoms with Gasteiger partial charge in [0.2, 0.25) is 0 Å². The van der Waals surface area contributed by atoms with Crippen LogP contribution in [0.15, 0.2) is 24.3 Å². The van der Waals surface area contributed by atoms with E-state index < -0.39 is 30.5 Å². The van der Waals surface area contributed by atoms with E-state index in [2.05, 4.69) is 0 Å². The Balaban J connectivity index is 3.02. The number of rotatable bonds is 6. The molecule has 1 nitrogen and oxygen atoms in total. The van der Waals surface area contributed by atoms with Crippen molar-refractivity contribution in [2.24, 2.45) is 0 Å². The quantitative estimate of drug-likeness (QED) is 0.695.